The van der Waals surface area contributed by atoms with Gasteiger partial charge < -0.3 is 10.4 Å². The van der Waals surface area contributed by atoms with Crippen molar-refractivity contribution in [2.45, 2.75) is 13.0 Å². The lowest BCUT2D eigenvalue weighted by Gasteiger charge is -2.04. The van der Waals surface area contributed by atoms with E-state index in [2.05, 4.69) is 11.4 Å². The summed E-state index contributed by atoms with van der Waals surface area (Å²) in [5, 5.41) is 12.2. The van der Waals surface area contributed by atoms with Crippen molar-refractivity contribution in [3.8, 4) is 0 Å². The molecule has 0 radical (unpaired) electrons. The van der Waals surface area contributed by atoms with E-state index in [0.29, 0.717) is 0 Å². The quantitative estimate of drug-likeness (QED) is 0.627. The Kier molecular flexibility index (Phi) is 1.55. The van der Waals surface area contributed by atoms with Crippen LogP contribution >= 0.6 is 0 Å². The molecule has 0 spiro atoms. The second-order valence-corrected chi connectivity index (χ2v) is 2.79. The van der Waals surface area contributed by atoms with Crippen LogP contribution in [0.15, 0.2) is 18.2 Å². The Labute approximate surface area is 65.9 Å². The van der Waals surface area contributed by atoms with Crippen LogP contribution in [0.25, 0.3) is 0 Å². The van der Waals surface area contributed by atoms with Gasteiger partial charge in [-0.25, -0.2) is 0 Å². The minimum atomic E-state index is 0.135. The van der Waals surface area contributed by atoms with E-state index in [1.807, 2.05) is 12.1 Å². The molecule has 2 N–H and O–H groups in total. The molecule has 0 fully saturated rings. The summed E-state index contributed by atoms with van der Waals surface area (Å²) in [7, 11) is 0. The smallest absolute Gasteiger partial charge is 0.0702 e. The van der Waals surface area contributed by atoms with Gasteiger partial charge in [-0.2, -0.15) is 0 Å². The summed E-state index contributed by atoms with van der Waals surface area (Å²) in [6, 6.07) is 6.06. The normalized spacial score (nSPS) is 14.3. The lowest BCUT2D eigenvalue weighted by atomic mass is 10.1. The van der Waals surface area contributed by atoms with E-state index in [1.165, 1.54) is 5.56 Å². The average Bonchev–Trinajstić information content (AvgIpc) is 2.50. The first-order chi connectivity index (χ1) is 5.42. The first-order valence-corrected chi connectivity index (χ1v) is 3.87. The van der Waals surface area contributed by atoms with Gasteiger partial charge in [-0.1, -0.05) is 18.2 Å². The molecule has 2 heteroatoms. The number of hydrogen-bond acceptors (Lipinski definition) is 2. The van der Waals surface area contributed by atoms with Crippen molar-refractivity contribution >= 4 is 5.69 Å². The van der Waals surface area contributed by atoms with Crippen molar-refractivity contribution in [3.63, 3.8) is 0 Å². The number of nitrogens with one attached hydrogen (secondary N) is 1. The fourth-order valence-electron chi connectivity index (χ4n) is 1.54. The highest BCUT2D eigenvalue weighted by Crippen LogP contribution is 2.25. The van der Waals surface area contributed by atoms with Gasteiger partial charge in [0.1, 0.15) is 0 Å². The highest BCUT2D eigenvalue weighted by molar-refractivity contribution is 5.60. The van der Waals surface area contributed by atoms with Crippen LogP contribution in [0.1, 0.15) is 11.1 Å². The van der Waals surface area contributed by atoms with Crippen molar-refractivity contribution < 1.29 is 5.11 Å². The Hall–Kier alpha value is -1.02. The van der Waals surface area contributed by atoms with Gasteiger partial charge in [-0.15, -0.1) is 0 Å². The fourth-order valence-corrected chi connectivity index (χ4v) is 1.54. The van der Waals surface area contributed by atoms with Crippen LogP contribution in [0.4, 0.5) is 5.69 Å². The Morgan fingerprint density at radius 2 is 2.36 bits per heavy atom. The highest BCUT2D eigenvalue weighted by Gasteiger charge is 2.11. The molecule has 0 amide bonds. The summed E-state index contributed by atoms with van der Waals surface area (Å²) in [6.45, 7) is 1.14. The van der Waals surface area contributed by atoms with Gasteiger partial charge in [-0.05, 0) is 12.0 Å². The predicted octanol–water partition coefficient (Wildman–Crippen LogP) is 1.15. The van der Waals surface area contributed by atoms with Gasteiger partial charge in [0.15, 0.2) is 0 Å². The maximum absolute atomic E-state index is 8.96. The molecule has 0 aliphatic carbocycles. The van der Waals surface area contributed by atoms with E-state index in [-0.39, 0.29) is 6.61 Å². The van der Waals surface area contributed by atoms with Crippen LogP contribution < -0.4 is 5.32 Å². The summed E-state index contributed by atoms with van der Waals surface area (Å²) >= 11 is 0. The minimum absolute atomic E-state index is 0.135. The summed E-state index contributed by atoms with van der Waals surface area (Å²) in [5.74, 6) is 0. The fraction of sp³-hybridized carbons (Fsp3) is 0.333. The van der Waals surface area contributed by atoms with E-state index in [4.69, 9.17) is 5.11 Å². The Balaban J connectivity index is 2.50. The molecule has 58 valence electrons. The summed E-state index contributed by atoms with van der Waals surface area (Å²) in [5.41, 5.74) is 3.49. The zero-order chi connectivity index (χ0) is 7.68. The molecule has 1 aliphatic rings. The van der Waals surface area contributed by atoms with Crippen LogP contribution in [0.3, 0.4) is 0 Å². The molecular formula is C9H11NO. The molecule has 0 unspecified atom stereocenters. The summed E-state index contributed by atoms with van der Waals surface area (Å²) < 4.78 is 0. The number of fused-ring (bicyclic) bond motifs is 1. The van der Waals surface area contributed by atoms with Gasteiger partial charge >= 0.3 is 0 Å². The largest absolute Gasteiger partial charge is 0.392 e. The Morgan fingerprint density at radius 1 is 1.45 bits per heavy atom. The van der Waals surface area contributed by atoms with Gasteiger partial charge in [0.25, 0.3) is 0 Å². The standard InChI is InChI=1S/C9H11NO/c11-6-8-3-1-2-7-4-5-10-9(7)8/h1-3,10-11H,4-6H2. The molecule has 1 aromatic carbocycles. The first kappa shape index (κ1) is 6.68. The third kappa shape index (κ3) is 0.994. The molecule has 2 nitrogen and oxygen atoms in total. The zero-order valence-electron chi connectivity index (χ0n) is 6.30. The van der Waals surface area contributed by atoms with E-state index in [1.54, 1.807) is 0 Å². The van der Waals surface area contributed by atoms with E-state index in [9.17, 15) is 0 Å². The summed E-state index contributed by atoms with van der Waals surface area (Å²) in [6.07, 6.45) is 1.09. The number of hydrogen-bond donors (Lipinski definition) is 2. The topological polar surface area (TPSA) is 32.3 Å². The monoisotopic (exact) mass is 149 g/mol. The second-order valence-electron chi connectivity index (χ2n) is 2.79. The molecule has 1 aliphatic heterocycles. The minimum Gasteiger partial charge on any atom is -0.392 e. The molecule has 2 rings (SSSR count). The average molecular weight is 149 g/mol. The second kappa shape index (κ2) is 2.55. The molecule has 11 heavy (non-hydrogen) atoms. The number of anilines is 1. The predicted molar refractivity (Wildman–Crippen MR) is 44.6 cm³/mol. The SMILES string of the molecule is OCc1cccc2c1NCC2. The Morgan fingerprint density at radius 3 is 3.18 bits per heavy atom. The molecule has 1 aromatic rings. The molecule has 1 heterocycles. The maximum atomic E-state index is 8.96. The van der Waals surface area contributed by atoms with Crippen molar-refractivity contribution in [1.29, 1.82) is 0 Å². The molecule has 0 atom stereocenters. The van der Waals surface area contributed by atoms with Gasteiger partial charge in [-0.3, -0.25) is 0 Å². The van der Waals surface area contributed by atoms with E-state index >= 15 is 0 Å². The number of rotatable bonds is 1. The molecule has 0 saturated heterocycles. The van der Waals surface area contributed by atoms with Crippen molar-refractivity contribution in [2.24, 2.45) is 0 Å². The molecular weight excluding hydrogens is 138 g/mol. The maximum Gasteiger partial charge on any atom is 0.0702 e. The highest BCUT2D eigenvalue weighted by atomic mass is 16.3. The van der Waals surface area contributed by atoms with Crippen LogP contribution in [0.5, 0.6) is 0 Å². The van der Waals surface area contributed by atoms with Crippen LogP contribution in [-0.2, 0) is 13.0 Å². The molecule has 0 aromatic heterocycles. The Bertz CT molecular complexity index is 270. The van der Waals surface area contributed by atoms with Gasteiger partial charge in [0.2, 0.25) is 0 Å². The zero-order valence-corrected chi connectivity index (χ0v) is 6.30. The van der Waals surface area contributed by atoms with Crippen LogP contribution in [-0.4, -0.2) is 11.7 Å². The van der Waals surface area contributed by atoms with Crippen molar-refractivity contribution in [3.05, 3.63) is 29.3 Å². The number of benzene rings is 1. The van der Waals surface area contributed by atoms with Gasteiger partial charge in [0, 0.05) is 17.8 Å². The number of aliphatic hydroxyl groups excluding tert-OH is 1. The van der Waals surface area contributed by atoms with E-state index < -0.39 is 0 Å². The van der Waals surface area contributed by atoms with Crippen LogP contribution in [0.2, 0.25) is 0 Å². The van der Waals surface area contributed by atoms with Crippen LogP contribution in [0, 0.1) is 0 Å². The molecule has 0 saturated carbocycles. The number of para-hydroxylation sites is 1. The van der Waals surface area contributed by atoms with Gasteiger partial charge in [0.05, 0.1) is 6.61 Å². The lowest BCUT2D eigenvalue weighted by molar-refractivity contribution is 0.282. The van der Waals surface area contributed by atoms with Crippen molar-refractivity contribution in [2.75, 3.05) is 11.9 Å². The first-order valence-electron chi connectivity index (χ1n) is 3.87. The third-order valence-electron chi connectivity index (χ3n) is 2.10. The molecule has 0 bridgehead atoms. The third-order valence-corrected chi connectivity index (χ3v) is 2.10. The lowest BCUT2D eigenvalue weighted by Crippen LogP contribution is -1.95. The summed E-state index contributed by atoms with van der Waals surface area (Å²) in [4.78, 5) is 0. The number of aliphatic hydroxyl groups is 1. The van der Waals surface area contributed by atoms with E-state index in [0.717, 1.165) is 24.2 Å². The van der Waals surface area contributed by atoms with Crippen molar-refractivity contribution in [1.82, 2.24) is 0 Å².